The number of likely N-dealkylation sites (N-methyl/N-ethyl adjacent to an activating group) is 1. The van der Waals surface area contributed by atoms with Gasteiger partial charge in [-0.05, 0) is 19.9 Å². The van der Waals surface area contributed by atoms with E-state index < -0.39 is 6.04 Å². The highest BCUT2D eigenvalue weighted by Crippen LogP contribution is 2.09. The number of hydrogen-bond acceptors (Lipinski definition) is 7. The van der Waals surface area contributed by atoms with Crippen molar-refractivity contribution in [1.82, 2.24) is 30.0 Å². The summed E-state index contributed by atoms with van der Waals surface area (Å²) < 4.78 is 1.52. The smallest absolute Gasteiger partial charge is 0.257 e. The van der Waals surface area contributed by atoms with Crippen LogP contribution in [0.5, 0.6) is 0 Å². The lowest BCUT2D eigenvalue weighted by atomic mass is 10.3. The SMILES string of the molecule is CCNC(=O)C(C)Nc1nc(NC)nc(-n2cccn2)n1. The molecule has 0 aliphatic carbocycles. The van der Waals surface area contributed by atoms with Gasteiger partial charge in [-0.1, -0.05) is 0 Å². The number of amides is 1. The Hall–Kier alpha value is -2.71. The van der Waals surface area contributed by atoms with Crippen LogP contribution in [0, 0.1) is 0 Å². The molecule has 3 N–H and O–H groups in total. The maximum absolute atomic E-state index is 11.7. The number of carbonyl (C=O) groups excluding carboxylic acids is 1. The molecular formula is C12H18N8O. The molecule has 2 rings (SSSR count). The summed E-state index contributed by atoms with van der Waals surface area (Å²) in [5.74, 6) is 0.939. The summed E-state index contributed by atoms with van der Waals surface area (Å²) >= 11 is 0. The van der Waals surface area contributed by atoms with E-state index >= 15 is 0 Å². The van der Waals surface area contributed by atoms with Crippen molar-refractivity contribution in [3.05, 3.63) is 18.5 Å². The fourth-order valence-electron chi connectivity index (χ4n) is 1.62. The summed E-state index contributed by atoms with van der Waals surface area (Å²) in [6.45, 7) is 4.17. The van der Waals surface area contributed by atoms with Gasteiger partial charge in [0.15, 0.2) is 0 Å². The number of nitrogens with zero attached hydrogens (tertiary/aromatic N) is 5. The lowest BCUT2D eigenvalue weighted by Crippen LogP contribution is -2.37. The second kappa shape index (κ2) is 6.64. The standard InChI is InChI=1S/C12H18N8O/c1-4-14-9(21)8(2)16-11-17-10(13-3)18-12(19-11)20-7-5-6-15-20/h5-8H,4H2,1-3H3,(H,14,21)(H2,13,16,17,18,19). The third-order valence-corrected chi connectivity index (χ3v) is 2.65. The van der Waals surface area contributed by atoms with Crippen molar-refractivity contribution in [2.75, 3.05) is 24.2 Å². The molecule has 0 saturated carbocycles. The Balaban J connectivity index is 2.23. The van der Waals surface area contributed by atoms with E-state index in [1.54, 1.807) is 32.4 Å². The topological polar surface area (TPSA) is 110 Å². The lowest BCUT2D eigenvalue weighted by Gasteiger charge is -2.14. The molecule has 1 unspecified atom stereocenters. The van der Waals surface area contributed by atoms with Crippen LogP contribution in [-0.2, 0) is 4.79 Å². The molecule has 0 bridgehead atoms. The minimum absolute atomic E-state index is 0.121. The lowest BCUT2D eigenvalue weighted by molar-refractivity contribution is -0.121. The summed E-state index contributed by atoms with van der Waals surface area (Å²) in [5, 5.41) is 12.6. The second-order valence-corrected chi connectivity index (χ2v) is 4.24. The molecule has 9 heteroatoms. The van der Waals surface area contributed by atoms with Crippen molar-refractivity contribution < 1.29 is 4.79 Å². The molecule has 9 nitrogen and oxygen atoms in total. The first-order chi connectivity index (χ1) is 10.1. The van der Waals surface area contributed by atoms with E-state index in [-0.39, 0.29) is 5.91 Å². The van der Waals surface area contributed by atoms with Crippen LogP contribution >= 0.6 is 0 Å². The summed E-state index contributed by atoms with van der Waals surface area (Å²) in [5.41, 5.74) is 0. The molecule has 0 fully saturated rings. The van der Waals surface area contributed by atoms with Crippen LogP contribution in [0.3, 0.4) is 0 Å². The maximum atomic E-state index is 11.7. The predicted octanol–water partition coefficient (Wildman–Crippen LogP) is 0.0355. The molecule has 0 aromatic carbocycles. The average Bonchev–Trinajstić information content (AvgIpc) is 3.01. The monoisotopic (exact) mass is 290 g/mol. The second-order valence-electron chi connectivity index (χ2n) is 4.24. The van der Waals surface area contributed by atoms with E-state index in [2.05, 4.69) is 36.0 Å². The van der Waals surface area contributed by atoms with Crippen molar-refractivity contribution in [2.24, 2.45) is 0 Å². The van der Waals surface area contributed by atoms with Crippen LogP contribution in [0.1, 0.15) is 13.8 Å². The summed E-state index contributed by atoms with van der Waals surface area (Å²) in [6, 6.07) is 1.32. The highest BCUT2D eigenvalue weighted by Gasteiger charge is 2.15. The number of nitrogens with one attached hydrogen (secondary N) is 3. The van der Waals surface area contributed by atoms with E-state index in [0.29, 0.717) is 24.4 Å². The van der Waals surface area contributed by atoms with Gasteiger partial charge in [0.25, 0.3) is 5.95 Å². The minimum atomic E-state index is -0.456. The largest absolute Gasteiger partial charge is 0.357 e. The molecule has 21 heavy (non-hydrogen) atoms. The Morgan fingerprint density at radius 2 is 2.10 bits per heavy atom. The number of carbonyl (C=O) groups is 1. The Morgan fingerprint density at radius 3 is 2.71 bits per heavy atom. The predicted molar refractivity (Wildman–Crippen MR) is 78.3 cm³/mol. The van der Waals surface area contributed by atoms with Gasteiger partial charge in [0.05, 0.1) is 0 Å². The molecule has 2 aromatic heterocycles. The van der Waals surface area contributed by atoms with E-state index in [4.69, 9.17) is 0 Å². The summed E-state index contributed by atoms with van der Waals surface area (Å²) in [6.07, 6.45) is 3.36. The van der Waals surface area contributed by atoms with Gasteiger partial charge >= 0.3 is 0 Å². The van der Waals surface area contributed by atoms with Gasteiger partial charge in [-0.25, -0.2) is 4.68 Å². The fourth-order valence-corrected chi connectivity index (χ4v) is 1.62. The van der Waals surface area contributed by atoms with Gasteiger partial charge in [-0.2, -0.15) is 20.1 Å². The molecular weight excluding hydrogens is 272 g/mol. The minimum Gasteiger partial charge on any atom is -0.357 e. The molecule has 1 amide bonds. The van der Waals surface area contributed by atoms with E-state index in [1.165, 1.54) is 4.68 Å². The molecule has 2 heterocycles. The molecule has 0 aliphatic rings. The zero-order chi connectivity index (χ0) is 15.2. The van der Waals surface area contributed by atoms with Gasteiger partial charge in [0, 0.05) is 26.0 Å². The van der Waals surface area contributed by atoms with Crippen molar-refractivity contribution in [3.63, 3.8) is 0 Å². The fraction of sp³-hybridized carbons (Fsp3) is 0.417. The first-order valence-corrected chi connectivity index (χ1v) is 6.62. The zero-order valence-corrected chi connectivity index (χ0v) is 12.2. The Kier molecular flexibility index (Phi) is 4.64. The number of aromatic nitrogens is 5. The maximum Gasteiger partial charge on any atom is 0.257 e. The van der Waals surface area contributed by atoms with Crippen LogP contribution in [0.4, 0.5) is 11.9 Å². The van der Waals surface area contributed by atoms with Crippen LogP contribution < -0.4 is 16.0 Å². The van der Waals surface area contributed by atoms with E-state index in [9.17, 15) is 4.79 Å². The Morgan fingerprint density at radius 1 is 1.33 bits per heavy atom. The van der Waals surface area contributed by atoms with Crippen LogP contribution in [-0.4, -0.2) is 50.3 Å². The van der Waals surface area contributed by atoms with E-state index in [1.807, 2.05) is 6.92 Å². The van der Waals surface area contributed by atoms with Gasteiger partial charge in [-0.15, -0.1) is 0 Å². The zero-order valence-electron chi connectivity index (χ0n) is 12.2. The summed E-state index contributed by atoms with van der Waals surface area (Å²) in [7, 11) is 1.71. The molecule has 1 atom stereocenters. The van der Waals surface area contributed by atoms with Gasteiger partial charge < -0.3 is 16.0 Å². The van der Waals surface area contributed by atoms with Crippen LogP contribution in [0.15, 0.2) is 18.5 Å². The number of rotatable bonds is 6. The Bertz CT molecular complexity index is 597. The van der Waals surface area contributed by atoms with Crippen molar-refractivity contribution in [3.8, 4) is 5.95 Å². The molecule has 0 radical (unpaired) electrons. The van der Waals surface area contributed by atoms with Gasteiger partial charge in [-0.3, -0.25) is 4.79 Å². The highest BCUT2D eigenvalue weighted by atomic mass is 16.2. The summed E-state index contributed by atoms with van der Waals surface area (Å²) in [4.78, 5) is 24.4. The molecule has 0 aliphatic heterocycles. The van der Waals surface area contributed by atoms with Gasteiger partial charge in [0.2, 0.25) is 17.8 Å². The van der Waals surface area contributed by atoms with Gasteiger partial charge in [0.1, 0.15) is 6.04 Å². The third-order valence-electron chi connectivity index (χ3n) is 2.65. The van der Waals surface area contributed by atoms with Crippen LogP contribution in [0.2, 0.25) is 0 Å². The normalized spacial score (nSPS) is 11.8. The Labute approximate surface area is 122 Å². The highest BCUT2D eigenvalue weighted by molar-refractivity contribution is 5.83. The van der Waals surface area contributed by atoms with Crippen LogP contribution in [0.25, 0.3) is 5.95 Å². The first kappa shape index (κ1) is 14.7. The van der Waals surface area contributed by atoms with Crippen molar-refractivity contribution in [2.45, 2.75) is 19.9 Å². The van der Waals surface area contributed by atoms with E-state index in [0.717, 1.165) is 0 Å². The average molecular weight is 290 g/mol. The first-order valence-electron chi connectivity index (χ1n) is 6.62. The molecule has 0 saturated heterocycles. The third kappa shape index (κ3) is 3.65. The molecule has 112 valence electrons. The van der Waals surface area contributed by atoms with Crippen molar-refractivity contribution in [1.29, 1.82) is 0 Å². The van der Waals surface area contributed by atoms with Crippen molar-refractivity contribution >= 4 is 17.8 Å². The molecule has 2 aromatic rings. The quantitative estimate of drug-likeness (QED) is 0.688. The number of anilines is 2. The number of hydrogen-bond donors (Lipinski definition) is 3. The molecule has 0 spiro atoms.